The molecule has 0 saturated heterocycles. The smallest absolute Gasteiger partial charge is 0.491 e. The van der Waals surface area contributed by atoms with E-state index in [-0.39, 0.29) is 24.1 Å². The Morgan fingerprint density at radius 3 is 2.41 bits per heavy atom. The van der Waals surface area contributed by atoms with Gasteiger partial charge in [-0.2, -0.15) is 0 Å². The number of benzene rings is 3. The second-order valence-corrected chi connectivity index (χ2v) is 7.27. The molecule has 0 radical (unpaired) electrons. The fraction of sp³-hybridized carbons (Fsp3) is 0.208. The molecule has 3 aromatic carbocycles. The van der Waals surface area contributed by atoms with Crippen molar-refractivity contribution in [2.24, 2.45) is 0 Å². The zero-order valence-electron chi connectivity index (χ0n) is 16.9. The van der Waals surface area contributed by atoms with E-state index < -0.39 is 6.36 Å². The van der Waals surface area contributed by atoms with Crippen LogP contribution in [0.3, 0.4) is 0 Å². The number of ether oxygens (including phenoxy) is 2. The van der Waals surface area contributed by atoms with Crippen molar-refractivity contribution in [1.29, 1.82) is 0 Å². The van der Waals surface area contributed by atoms with Gasteiger partial charge in [-0.15, -0.1) is 13.2 Å². The molecular weight excluding hydrogens is 426 g/mol. The van der Waals surface area contributed by atoms with Crippen LogP contribution < -0.4 is 9.47 Å². The number of hydrogen-bond donors (Lipinski definition) is 0. The topological polar surface area (TPSA) is 38.8 Å². The van der Waals surface area contributed by atoms with Crippen LogP contribution in [-0.4, -0.2) is 36.9 Å². The number of carbonyl (C=O) groups is 1. The van der Waals surface area contributed by atoms with Crippen molar-refractivity contribution in [3.63, 3.8) is 0 Å². The minimum atomic E-state index is -4.75. The minimum absolute atomic E-state index is 0.214. The fourth-order valence-electron chi connectivity index (χ4n) is 3.55. The Labute approximate surface area is 182 Å². The maximum Gasteiger partial charge on any atom is 0.573 e. The highest BCUT2D eigenvalue weighted by Crippen LogP contribution is 2.31. The number of hydrogen-bond acceptors (Lipinski definition) is 3. The first kappa shape index (κ1) is 21.7. The average Bonchev–Trinajstić information content (AvgIpc) is 2.91. The Kier molecular flexibility index (Phi) is 6.03. The predicted octanol–water partition coefficient (Wildman–Crippen LogP) is 5.47. The highest BCUT2D eigenvalue weighted by Gasteiger charge is 2.31. The number of alkyl halides is 3. The van der Waals surface area contributed by atoms with Gasteiger partial charge >= 0.3 is 6.36 Å². The Morgan fingerprint density at radius 2 is 1.69 bits per heavy atom. The van der Waals surface area contributed by atoms with Crippen LogP contribution in [-0.2, 0) is 6.42 Å². The van der Waals surface area contributed by atoms with E-state index in [1.165, 1.54) is 30.3 Å². The highest BCUT2D eigenvalue weighted by molar-refractivity contribution is 5.98. The summed E-state index contributed by atoms with van der Waals surface area (Å²) < 4.78 is 60.6. The van der Waals surface area contributed by atoms with Gasteiger partial charge < -0.3 is 14.4 Å². The molecule has 0 saturated carbocycles. The van der Waals surface area contributed by atoms with Gasteiger partial charge in [0.15, 0.2) is 0 Å². The molecule has 0 atom stereocenters. The Morgan fingerprint density at radius 1 is 0.969 bits per heavy atom. The summed E-state index contributed by atoms with van der Waals surface area (Å²) in [6.45, 7) is 0.990. The summed E-state index contributed by atoms with van der Waals surface area (Å²) in [5.74, 6) is -0.429. The number of carbonyl (C=O) groups excluding carboxylic acids is 1. The molecule has 1 amide bonds. The van der Waals surface area contributed by atoms with Crippen molar-refractivity contribution in [3.05, 3.63) is 83.7 Å². The quantitative estimate of drug-likeness (QED) is 0.489. The van der Waals surface area contributed by atoms with Crippen LogP contribution in [0.2, 0.25) is 0 Å². The molecule has 1 aliphatic rings. The number of halogens is 4. The number of fused-ring (bicyclic) bond motifs is 1. The number of rotatable bonds is 5. The van der Waals surface area contributed by atoms with Gasteiger partial charge in [-0.25, -0.2) is 4.39 Å². The van der Waals surface area contributed by atoms with Crippen molar-refractivity contribution >= 4 is 5.91 Å². The molecule has 166 valence electrons. The Balaban J connectivity index is 1.50. The van der Waals surface area contributed by atoms with Crippen molar-refractivity contribution < 1.29 is 31.8 Å². The molecule has 32 heavy (non-hydrogen) atoms. The first-order chi connectivity index (χ1) is 15.3. The van der Waals surface area contributed by atoms with Crippen LogP contribution in [0.1, 0.15) is 15.9 Å². The summed E-state index contributed by atoms with van der Waals surface area (Å²) in [4.78, 5) is 14.6. The molecule has 0 N–H and O–H groups in total. The number of nitrogens with zero attached hydrogens (tertiary/aromatic N) is 1. The first-order valence-electron chi connectivity index (χ1n) is 9.96. The van der Waals surface area contributed by atoms with E-state index >= 15 is 0 Å². The van der Waals surface area contributed by atoms with E-state index in [4.69, 9.17) is 4.74 Å². The lowest BCUT2D eigenvalue weighted by Crippen LogP contribution is -2.34. The highest BCUT2D eigenvalue weighted by atomic mass is 19.4. The molecule has 0 aliphatic carbocycles. The molecule has 0 spiro atoms. The monoisotopic (exact) mass is 445 g/mol. The van der Waals surface area contributed by atoms with Gasteiger partial charge in [0.1, 0.15) is 23.9 Å². The van der Waals surface area contributed by atoms with Crippen molar-refractivity contribution in [3.8, 4) is 22.6 Å². The summed E-state index contributed by atoms with van der Waals surface area (Å²) in [5, 5.41) is 0. The van der Waals surface area contributed by atoms with Crippen molar-refractivity contribution in [2.45, 2.75) is 12.8 Å². The van der Waals surface area contributed by atoms with Crippen LogP contribution in [0.4, 0.5) is 17.6 Å². The molecule has 1 aliphatic heterocycles. The van der Waals surface area contributed by atoms with Crippen LogP contribution >= 0.6 is 0 Å². The largest absolute Gasteiger partial charge is 0.573 e. The van der Waals surface area contributed by atoms with E-state index in [1.807, 2.05) is 0 Å². The van der Waals surface area contributed by atoms with Gasteiger partial charge in [-0.1, -0.05) is 36.4 Å². The molecule has 1 heterocycles. The second kappa shape index (κ2) is 8.90. The van der Waals surface area contributed by atoms with Crippen LogP contribution in [0.5, 0.6) is 11.5 Å². The lowest BCUT2D eigenvalue weighted by molar-refractivity contribution is -0.274. The van der Waals surface area contributed by atoms with Crippen LogP contribution in [0, 0.1) is 5.82 Å². The zero-order chi connectivity index (χ0) is 22.7. The van der Waals surface area contributed by atoms with E-state index in [0.29, 0.717) is 47.5 Å². The average molecular weight is 445 g/mol. The summed E-state index contributed by atoms with van der Waals surface area (Å²) in [6, 6.07) is 16.9. The molecular formula is C24H19F4NO3. The molecule has 0 unspecified atom stereocenters. The third-order valence-corrected chi connectivity index (χ3v) is 5.15. The van der Waals surface area contributed by atoms with Gasteiger partial charge in [-0.3, -0.25) is 4.79 Å². The maximum atomic E-state index is 13.9. The lowest BCUT2D eigenvalue weighted by atomic mass is 10.0. The van der Waals surface area contributed by atoms with Crippen LogP contribution in [0.15, 0.2) is 66.7 Å². The van der Waals surface area contributed by atoms with Gasteiger partial charge in [0.25, 0.3) is 5.91 Å². The molecule has 0 fully saturated rings. The van der Waals surface area contributed by atoms with E-state index in [2.05, 4.69) is 4.74 Å². The minimum Gasteiger partial charge on any atom is -0.491 e. The SMILES string of the molecule is O=C1c2ccc(-c3ccc(OC(F)(F)F)cc3)cc2OCCN1CCc1ccccc1F. The van der Waals surface area contributed by atoms with Gasteiger partial charge in [-0.05, 0) is 53.4 Å². The van der Waals surface area contributed by atoms with E-state index in [9.17, 15) is 22.4 Å². The lowest BCUT2D eigenvalue weighted by Gasteiger charge is -2.20. The fourth-order valence-corrected chi connectivity index (χ4v) is 3.55. The number of amides is 1. The summed E-state index contributed by atoms with van der Waals surface area (Å²) in [6.07, 6.45) is -4.36. The van der Waals surface area contributed by atoms with Gasteiger partial charge in [0, 0.05) is 6.54 Å². The first-order valence-corrected chi connectivity index (χ1v) is 9.96. The summed E-state index contributed by atoms with van der Waals surface area (Å²) in [7, 11) is 0. The Bertz CT molecular complexity index is 1110. The Hall–Kier alpha value is -3.55. The molecule has 4 rings (SSSR count). The molecule has 0 aromatic heterocycles. The zero-order valence-corrected chi connectivity index (χ0v) is 16.9. The van der Waals surface area contributed by atoms with Gasteiger partial charge in [0.05, 0.1) is 12.1 Å². The molecule has 4 nitrogen and oxygen atoms in total. The molecule has 8 heteroatoms. The predicted molar refractivity (Wildman–Crippen MR) is 110 cm³/mol. The summed E-state index contributed by atoms with van der Waals surface area (Å²) in [5.41, 5.74) is 2.27. The van der Waals surface area contributed by atoms with Crippen molar-refractivity contribution in [1.82, 2.24) is 4.90 Å². The molecule has 0 bridgehead atoms. The second-order valence-electron chi connectivity index (χ2n) is 7.27. The third-order valence-electron chi connectivity index (χ3n) is 5.15. The normalized spacial score (nSPS) is 13.9. The standard InChI is InChI=1S/C24H19F4NO3/c25-21-4-2-1-3-17(21)11-12-29-13-14-31-22-15-18(7-10-20(22)23(29)30)16-5-8-19(9-6-16)32-24(26,27)28/h1-10,15H,11-14H2. The van der Waals surface area contributed by atoms with E-state index in [1.54, 1.807) is 41.3 Å². The van der Waals surface area contributed by atoms with Crippen molar-refractivity contribution in [2.75, 3.05) is 19.7 Å². The van der Waals surface area contributed by atoms with Crippen LogP contribution in [0.25, 0.3) is 11.1 Å². The third kappa shape index (κ3) is 5.01. The molecule has 3 aromatic rings. The van der Waals surface area contributed by atoms with Gasteiger partial charge in [0.2, 0.25) is 0 Å². The summed E-state index contributed by atoms with van der Waals surface area (Å²) >= 11 is 0. The van der Waals surface area contributed by atoms with E-state index in [0.717, 1.165) is 0 Å². The maximum absolute atomic E-state index is 13.9.